The lowest BCUT2D eigenvalue weighted by Gasteiger charge is -2.13. The van der Waals surface area contributed by atoms with Gasteiger partial charge in [-0.05, 0) is 53.8 Å². The summed E-state index contributed by atoms with van der Waals surface area (Å²) in [6.45, 7) is 8.26. The van der Waals surface area contributed by atoms with Crippen molar-refractivity contribution in [2.45, 2.75) is 33.2 Å². The molecule has 3 rings (SSSR count). The van der Waals surface area contributed by atoms with Gasteiger partial charge >= 0.3 is 5.63 Å². The molecule has 1 N–H and O–H groups in total. The first-order valence-corrected chi connectivity index (χ1v) is 9.00. The zero-order chi connectivity index (χ0) is 18.5. The van der Waals surface area contributed by atoms with Gasteiger partial charge in [0.2, 0.25) is 0 Å². The topological polar surface area (TPSA) is 51.5 Å². The number of para-hydroxylation sites is 1. The van der Waals surface area contributed by atoms with E-state index in [1.165, 1.54) is 5.56 Å². The van der Waals surface area contributed by atoms with E-state index < -0.39 is 0 Å². The molecule has 0 radical (unpaired) electrons. The Bertz CT molecular complexity index is 929. The lowest BCUT2D eigenvalue weighted by Crippen LogP contribution is -2.21. The van der Waals surface area contributed by atoms with Crippen molar-refractivity contribution in [3.8, 4) is 5.75 Å². The van der Waals surface area contributed by atoms with Crippen molar-refractivity contribution >= 4 is 11.0 Å². The molecule has 3 aromatic rings. The molecule has 136 valence electrons. The van der Waals surface area contributed by atoms with Crippen molar-refractivity contribution < 1.29 is 9.15 Å². The number of nitrogens with one attached hydrogen (secondary N) is 1. The number of rotatable bonds is 7. The maximum absolute atomic E-state index is 11.9. The highest BCUT2D eigenvalue weighted by atomic mass is 16.5. The Kier molecular flexibility index (Phi) is 5.74. The summed E-state index contributed by atoms with van der Waals surface area (Å²) in [5.41, 5.74) is 3.72. The molecular formula is C22H25NO3. The molecule has 0 bridgehead atoms. The fourth-order valence-corrected chi connectivity index (χ4v) is 3.14. The molecule has 2 aromatic carbocycles. The van der Waals surface area contributed by atoms with Crippen molar-refractivity contribution in [2.75, 3.05) is 13.2 Å². The quantitative estimate of drug-likeness (QED) is 0.506. The van der Waals surface area contributed by atoms with Crippen LogP contribution in [0.15, 0.2) is 57.7 Å². The summed E-state index contributed by atoms with van der Waals surface area (Å²) in [5.74, 6) is 1.28. The van der Waals surface area contributed by atoms with Crippen LogP contribution in [0, 0.1) is 6.92 Å². The highest BCUT2D eigenvalue weighted by Gasteiger charge is 2.11. The minimum absolute atomic E-state index is 0.313. The highest BCUT2D eigenvalue weighted by Crippen LogP contribution is 2.26. The smallest absolute Gasteiger partial charge is 0.336 e. The monoisotopic (exact) mass is 351 g/mol. The van der Waals surface area contributed by atoms with Crippen LogP contribution in [-0.4, -0.2) is 13.2 Å². The fourth-order valence-electron chi connectivity index (χ4n) is 3.14. The van der Waals surface area contributed by atoms with E-state index in [-0.39, 0.29) is 5.63 Å². The van der Waals surface area contributed by atoms with E-state index in [9.17, 15) is 4.79 Å². The Morgan fingerprint density at radius 2 is 1.88 bits per heavy atom. The molecule has 4 heteroatoms. The van der Waals surface area contributed by atoms with Gasteiger partial charge in [-0.15, -0.1) is 0 Å². The molecule has 0 aliphatic rings. The van der Waals surface area contributed by atoms with Crippen molar-refractivity contribution in [3.63, 3.8) is 0 Å². The van der Waals surface area contributed by atoms with Crippen molar-refractivity contribution in [3.05, 3.63) is 75.6 Å². The van der Waals surface area contributed by atoms with E-state index in [1.807, 2.05) is 36.4 Å². The van der Waals surface area contributed by atoms with Crippen molar-refractivity contribution in [2.24, 2.45) is 0 Å². The zero-order valence-corrected chi connectivity index (χ0v) is 15.5. The lowest BCUT2D eigenvalue weighted by molar-refractivity contribution is 0.313. The molecule has 0 saturated carbocycles. The fraction of sp³-hybridized carbons (Fsp3) is 0.318. The zero-order valence-electron chi connectivity index (χ0n) is 15.5. The Hall–Kier alpha value is -2.59. The average molecular weight is 351 g/mol. The maximum Gasteiger partial charge on any atom is 0.336 e. The summed E-state index contributed by atoms with van der Waals surface area (Å²) >= 11 is 0. The molecular weight excluding hydrogens is 326 g/mol. The standard InChI is InChI=1S/C22H25NO3/c1-15(2)19-13-20-17(12-22(24)26-21(20)11-16(19)3)14-23-9-10-25-18-7-5-4-6-8-18/h4-8,11-13,15,23H,9-10,14H2,1-3H3. The second kappa shape index (κ2) is 8.19. The number of benzene rings is 2. The summed E-state index contributed by atoms with van der Waals surface area (Å²) < 4.78 is 11.1. The summed E-state index contributed by atoms with van der Waals surface area (Å²) in [6, 6.07) is 15.4. The van der Waals surface area contributed by atoms with Crippen LogP contribution in [0.1, 0.15) is 36.5 Å². The van der Waals surface area contributed by atoms with E-state index in [0.717, 1.165) is 22.3 Å². The third kappa shape index (κ3) is 4.33. The van der Waals surface area contributed by atoms with Gasteiger partial charge in [-0.3, -0.25) is 0 Å². The SMILES string of the molecule is Cc1cc2oc(=O)cc(CNCCOc3ccccc3)c2cc1C(C)C. The largest absolute Gasteiger partial charge is 0.492 e. The molecule has 4 nitrogen and oxygen atoms in total. The van der Waals surface area contributed by atoms with E-state index in [1.54, 1.807) is 6.07 Å². The first-order chi connectivity index (χ1) is 12.5. The average Bonchev–Trinajstić information content (AvgIpc) is 2.61. The Morgan fingerprint density at radius 3 is 2.62 bits per heavy atom. The Morgan fingerprint density at radius 1 is 1.12 bits per heavy atom. The molecule has 0 unspecified atom stereocenters. The van der Waals surface area contributed by atoms with E-state index in [4.69, 9.17) is 9.15 Å². The summed E-state index contributed by atoms with van der Waals surface area (Å²) in [5, 5.41) is 4.34. The number of fused-ring (bicyclic) bond motifs is 1. The Balaban J connectivity index is 1.70. The second-order valence-corrected chi connectivity index (χ2v) is 6.79. The van der Waals surface area contributed by atoms with Crippen molar-refractivity contribution in [1.29, 1.82) is 0 Å². The van der Waals surface area contributed by atoms with Crippen LogP contribution >= 0.6 is 0 Å². The molecule has 0 spiro atoms. The predicted molar refractivity (Wildman–Crippen MR) is 105 cm³/mol. The van der Waals surface area contributed by atoms with Crippen LogP contribution < -0.4 is 15.7 Å². The van der Waals surface area contributed by atoms with E-state index >= 15 is 0 Å². The van der Waals surface area contributed by atoms with Gasteiger partial charge in [-0.25, -0.2) is 4.79 Å². The predicted octanol–water partition coefficient (Wildman–Crippen LogP) is 4.39. The minimum Gasteiger partial charge on any atom is -0.492 e. The van der Waals surface area contributed by atoms with Crippen LogP contribution in [-0.2, 0) is 6.54 Å². The minimum atomic E-state index is -0.313. The number of hydrogen-bond acceptors (Lipinski definition) is 4. The van der Waals surface area contributed by atoms with Gasteiger partial charge in [0.15, 0.2) is 0 Å². The van der Waals surface area contributed by atoms with E-state index in [2.05, 4.69) is 32.2 Å². The molecule has 1 heterocycles. The van der Waals surface area contributed by atoms with Crippen LogP contribution in [0.25, 0.3) is 11.0 Å². The molecule has 26 heavy (non-hydrogen) atoms. The molecule has 0 fully saturated rings. The molecule has 0 aliphatic carbocycles. The first-order valence-electron chi connectivity index (χ1n) is 9.00. The third-order valence-corrected chi connectivity index (χ3v) is 4.45. The van der Waals surface area contributed by atoms with Gasteiger partial charge in [0.05, 0.1) is 0 Å². The number of hydrogen-bond donors (Lipinski definition) is 1. The number of aryl methyl sites for hydroxylation is 1. The molecule has 0 saturated heterocycles. The molecule has 0 atom stereocenters. The van der Waals surface area contributed by atoms with Crippen LogP contribution in [0.2, 0.25) is 0 Å². The molecule has 0 amide bonds. The third-order valence-electron chi connectivity index (χ3n) is 4.45. The molecule has 1 aromatic heterocycles. The van der Waals surface area contributed by atoms with Crippen LogP contribution in [0.5, 0.6) is 5.75 Å². The van der Waals surface area contributed by atoms with Crippen molar-refractivity contribution in [1.82, 2.24) is 5.32 Å². The number of ether oxygens (including phenoxy) is 1. The van der Waals surface area contributed by atoms with Gasteiger partial charge in [-0.2, -0.15) is 0 Å². The van der Waals surface area contributed by atoms with Gasteiger partial charge < -0.3 is 14.5 Å². The van der Waals surface area contributed by atoms with Gasteiger partial charge in [0.1, 0.15) is 17.9 Å². The second-order valence-electron chi connectivity index (χ2n) is 6.79. The van der Waals surface area contributed by atoms with Gasteiger partial charge in [0, 0.05) is 24.5 Å². The highest BCUT2D eigenvalue weighted by molar-refractivity contribution is 5.82. The van der Waals surface area contributed by atoms with Crippen LogP contribution in [0.3, 0.4) is 0 Å². The van der Waals surface area contributed by atoms with Gasteiger partial charge in [0.25, 0.3) is 0 Å². The van der Waals surface area contributed by atoms with E-state index in [0.29, 0.717) is 31.2 Å². The normalized spacial score (nSPS) is 11.2. The van der Waals surface area contributed by atoms with Crippen LogP contribution in [0.4, 0.5) is 0 Å². The molecule has 0 aliphatic heterocycles. The van der Waals surface area contributed by atoms with Gasteiger partial charge in [-0.1, -0.05) is 32.0 Å². The summed E-state index contributed by atoms with van der Waals surface area (Å²) in [6.07, 6.45) is 0. The lowest BCUT2D eigenvalue weighted by atomic mass is 9.95. The first kappa shape index (κ1) is 18.2. The summed E-state index contributed by atoms with van der Waals surface area (Å²) in [7, 11) is 0. The summed E-state index contributed by atoms with van der Waals surface area (Å²) in [4.78, 5) is 11.9. The maximum atomic E-state index is 11.9. The Labute approximate surface area is 153 Å².